The Morgan fingerprint density at radius 2 is 2.10 bits per heavy atom. The van der Waals surface area contributed by atoms with Crippen LogP contribution in [0.3, 0.4) is 0 Å². The lowest BCUT2D eigenvalue weighted by atomic mass is 10.1. The molecule has 1 atom stereocenters. The molecular weight excluding hydrogens is 401 g/mol. The van der Waals surface area contributed by atoms with Crippen LogP contribution < -0.4 is 10.6 Å². The van der Waals surface area contributed by atoms with Gasteiger partial charge in [-0.1, -0.05) is 0 Å². The molecule has 0 spiro atoms. The van der Waals surface area contributed by atoms with Gasteiger partial charge in [-0.15, -0.1) is 12.4 Å². The molecule has 3 nitrogen and oxygen atoms in total. The Labute approximate surface area is 136 Å². The van der Waals surface area contributed by atoms with Crippen LogP contribution >= 0.6 is 35.0 Å². The summed E-state index contributed by atoms with van der Waals surface area (Å²) in [5, 5.41) is 6.01. The molecule has 0 saturated carbocycles. The molecule has 0 aliphatic carbocycles. The summed E-state index contributed by atoms with van der Waals surface area (Å²) in [6.45, 7) is 2.57. The van der Waals surface area contributed by atoms with Crippen molar-refractivity contribution >= 4 is 40.9 Å². The van der Waals surface area contributed by atoms with Crippen LogP contribution in [0.4, 0.5) is 8.78 Å². The third kappa shape index (κ3) is 4.53. The fourth-order valence-electron chi connectivity index (χ4n) is 2.14. The normalized spacial score (nSPS) is 17.6. The molecule has 1 aromatic carbocycles. The first-order chi connectivity index (χ1) is 9.08. The van der Waals surface area contributed by atoms with E-state index in [1.54, 1.807) is 0 Å². The Morgan fingerprint density at radius 3 is 2.75 bits per heavy atom. The van der Waals surface area contributed by atoms with Gasteiger partial charge in [0.25, 0.3) is 5.91 Å². The van der Waals surface area contributed by atoms with Crippen LogP contribution in [0, 0.1) is 21.1 Å². The Balaban J connectivity index is 0.00000200. The van der Waals surface area contributed by atoms with Crippen molar-refractivity contribution in [3.05, 3.63) is 32.9 Å². The van der Waals surface area contributed by atoms with Crippen LogP contribution in [0.1, 0.15) is 23.2 Å². The monoisotopic (exact) mass is 416 g/mol. The third-order valence-corrected chi connectivity index (χ3v) is 4.15. The molecule has 0 radical (unpaired) electrons. The second-order valence-corrected chi connectivity index (χ2v) is 5.81. The van der Waals surface area contributed by atoms with E-state index >= 15 is 0 Å². The summed E-state index contributed by atoms with van der Waals surface area (Å²) in [6, 6.07) is 1.98. The molecule has 0 bridgehead atoms. The number of benzene rings is 1. The van der Waals surface area contributed by atoms with Crippen molar-refractivity contribution in [2.75, 3.05) is 19.6 Å². The summed E-state index contributed by atoms with van der Waals surface area (Å²) in [7, 11) is 0. The van der Waals surface area contributed by atoms with Crippen LogP contribution in [0.25, 0.3) is 0 Å². The Hall–Kier alpha value is -0.470. The van der Waals surface area contributed by atoms with E-state index in [2.05, 4.69) is 10.6 Å². The average molecular weight is 417 g/mol. The maximum atomic E-state index is 13.1. The first kappa shape index (κ1) is 17.6. The number of hydrogen-bond acceptors (Lipinski definition) is 2. The molecular formula is C13H16ClF2IN2O. The SMILES string of the molecule is Cl.O=C(NCCC1CCNC1)c1cc(F)c(F)cc1I. The van der Waals surface area contributed by atoms with Crippen molar-refractivity contribution in [2.45, 2.75) is 12.8 Å². The highest BCUT2D eigenvalue weighted by Crippen LogP contribution is 2.17. The smallest absolute Gasteiger partial charge is 0.252 e. The largest absolute Gasteiger partial charge is 0.352 e. The fraction of sp³-hybridized carbons (Fsp3) is 0.462. The van der Waals surface area contributed by atoms with Gasteiger partial charge in [-0.3, -0.25) is 4.79 Å². The highest BCUT2D eigenvalue weighted by Gasteiger charge is 2.16. The van der Waals surface area contributed by atoms with Crippen molar-refractivity contribution < 1.29 is 13.6 Å². The molecule has 1 amide bonds. The molecule has 112 valence electrons. The zero-order chi connectivity index (χ0) is 13.8. The van der Waals surface area contributed by atoms with E-state index in [0.29, 0.717) is 16.0 Å². The molecule has 1 aromatic rings. The van der Waals surface area contributed by atoms with Gasteiger partial charge in [0, 0.05) is 10.1 Å². The molecule has 1 fully saturated rings. The van der Waals surface area contributed by atoms with E-state index in [4.69, 9.17) is 0 Å². The Bertz CT molecular complexity index is 482. The van der Waals surface area contributed by atoms with Crippen molar-refractivity contribution in [2.24, 2.45) is 5.92 Å². The Morgan fingerprint density at radius 1 is 1.40 bits per heavy atom. The minimum Gasteiger partial charge on any atom is -0.352 e. The van der Waals surface area contributed by atoms with Crippen LogP contribution in [0.15, 0.2) is 12.1 Å². The number of halogens is 4. The molecule has 2 rings (SSSR count). The van der Waals surface area contributed by atoms with Crippen LogP contribution in [0.2, 0.25) is 0 Å². The summed E-state index contributed by atoms with van der Waals surface area (Å²) in [5.74, 6) is -1.69. The summed E-state index contributed by atoms with van der Waals surface area (Å²) in [6.07, 6.45) is 2.03. The average Bonchev–Trinajstić information content (AvgIpc) is 2.86. The van der Waals surface area contributed by atoms with Gasteiger partial charge < -0.3 is 10.6 Å². The molecule has 0 aromatic heterocycles. The maximum absolute atomic E-state index is 13.1. The van der Waals surface area contributed by atoms with Gasteiger partial charge in [0.15, 0.2) is 11.6 Å². The molecule has 1 unspecified atom stereocenters. The van der Waals surface area contributed by atoms with Crippen LogP contribution in [-0.2, 0) is 0 Å². The number of rotatable bonds is 4. The number of carbonyl (C=O) groups excluding carboxylic acids is 1. The second-order valence-electron chi connectivity index (χ2n) is 4.65. The molecule has 20 heavy (non-hydrogen) atoms. The summed E-state index contributed by atoms with van der Waals surface area (Å²) >= 11 is 1.83. The van der Waals surface area contributed by atoms with E-state index in [-0.39, 0.29) is 23.9 Å². The zero-order valence-corrected chi connectivity index (χ0v) is 13.7. The van der Waals surface area contributed by atoms with E-state index in [1.807, 2.05) is 22.6 Å². The minimum atomic E-state index is -0.995. The summed E-state index contributed by atoms with van der Waals surface area (Å²) in [4.78, 5) is 11.9. The van der Waals surface area contributed by atoms with Gasteiger partial charge in [-0.05, 0) is 66.6 Å². The first-order valence-electron chi connectivity index (χ1n) is 6.21. The molecule has 1 saturated heterocycles. The number of nitrogens with one attached hydrogen (secondary N) is 2. The van der Waals surface area contributed by atoms with Crippen molar-refractivity contribution in [1.82, 2.24) is 10.6 Å². The van der Waals surface area contributed by atoms with Gasteiger partial charge in [-0.2, -0.15) is 0 Å². The van der Waals surface area contributed by atoms with E-state index in [1.165, 1.54) is 0 Å². The summed E-state index contributed by atoms with van der Waals surface area (Å²) < 4.78 is 26.5. The van der Waals surface area contributed by atoms with E-state index in [9.17, 15) is 13.6 Å². The number of hydrogen-bond donors (Lipinski definition) is 2. The third-order valence-electron chi connectivity index (χ3n) is 3.26. The lowest BCUT2D eigenvalue weighted by molar-refractivity contribution is 0.0950. The predicted octanol–water partition coefficient (Wildman–Crippen LogP) is 2.72. The molecule has 7 heteroatoms. The van der Waals surface area contributed by atoms with Crippen molar-refractivity contribution in [3.63, 3.8) is 0 Å². The lowest BCUT2D eigenvalue weighted by Gasteiger charge is -2.10. The van der Waals surface area contributed by atoms with Crippen molar-refractivity contribution in [1.29, 1.82) is 0 Å². The molecule has 1 heterocycles. The second kappa shape index (κ2) is 8.09. The van der Waals surface area contributed by atoms with Gasteiger partial charge in [0.05, 0.1) is 5.56 Å². The first-order valence-corrected chi connectivity index (χ1v) is 7.29. The fourth-order valence-corrected chi connectivity index (χ4v) is 2.82. The number of carbonyl (C=O) groups is 1. The number of amides is 1. The predicted molar refractivity (Wildman–Crippen MR) is 84.2 cm³/mol. The zero-order valence-electron chi connectivity index (χ0n) is 10.7. The molecule has 2 N–H and O–H groups in total. The molecule has 1 aliphatic rings. The van der Waals surface area contributed by atoms with Gasteiger partial charge in [0.1, 0.15) is 0 Å². The quantitative estimate of drug-likeness (QED) is 0.585. The van der Waals surface area contributed by atoms with Crippen LogP contribution in [-0.4, -0.2) is 25.5 Å². The summed E-state index contributed by atoms with van der Waals surface area (Å²) in [5.41, 5.74) is 0.184. The van der Waals surface area contributed by atoms with Gasteiger partial charge >= 0.3 is 0 Å². The van der Waals surface area contributed by atoms with E-state index in [0.717, 1.165) is 38.1 Å². The molecule has 1 aliphatic heterocycles. The standard InChI is InChI=1S/C13H15F2IN2O.ClH/c14-10-5-9(12(16)6-11(10)15)13(19)18-4-2-8-1-3-17-7-8;/h5-6,8,17H,1-4,7H2,(H,18,19);1H. The maximum Gasteiger partial charge on any atom is 0.252 e. The van der Waals surface area contributed by atoms with Gasteiger partial charge in [-0.25, -0.2) is 8.78 Å². The highest BCUT2D eigenvalue weighted by molar-refractivity contribution is 14.1. The van der Waals surface area contributed by atoms with Gasteiger partial charge in [0.2, 0.25) is 0 Å². The highest BCUT2D eigenvalue weighted by atomic mass is 127. The van der Waals surface area contributed by atoms with Crippen molar-refractivity contribution in [3.8, 4) is 0 Å². The Kier molecular flexibility index (Phi) is 7.11. The lowest BCUT2D eigenvalue weighted by Crippen LogP contribution is -2.27. The minimum absolute atomic E-state index is 0. The van der Waals surface area contributed by atoms with Crippen LogP contribution in [0.5, 0.6) is 0 Å². The topological polar surface area (TPSA) is 41.1 Å². The van der Waals surface area contributed by atoms with E-state index < -0.39 is 11.6 Å².